The van der Waals surface area contributed by atoms with Crippen LogP contribution in [0.3, 0.4) is 0 Å². The van der Waals surface area contributed by atoms with E-state index in [0.29, 0.717) is 18.0 Å². The zero-order valence-electron chi connectivity index (χ0n) is 13.1. The Morgan fingerprint density at radius 2 is 2.18 bits per heavy atom. The molecule has 2 aliphatic rings. The Bertz CT molecular complexity index is 532. The number of amides is 2. The van der Waals surface area contributed by atoms with Gasteiger partial charge in [-0.2, -0.15) is 4.98 Å². The van der Waals surface area contributed by atoms with Crippen LogP contribution in [0.5, 0.6) is 0 Å². The molecule has 3 rings (SSSR count). The second kappa shape index (κ2) is 6.48. The van der Waals surface area contributed by atoms with E-state index >= 15 is 0 Å². The summed E-state index contributed by atoms with van der Waals surface area (Å²) in [5, 5.41) is 5.71. The van der Waals surface area contributed by atoms with Crippen molar-refractivity contribution in [3.8, 4) is 0 Å². The van der Waals surface area contributed by atoms with Crippen LogP contribution in [-0.2, 0) is 4.74 Å². The maximum Gasteiger partial charge on any atom is 0.321 e. The number of carbonyl (C=O) groups excluding carboxylic acids is 1. The molecule has 0 bridgehead atoms. The number of anilines is 2. The predicted molar refractivity (Wildman–Crippen MR) is 84.0 cm³/mol. The normalized spacial score (nSPS) is 24.6. The standard InChI is InChI=1S/C15H23N5O2/c1-20(2)13-5-7-16-14(18-13)19-15(21)17-11-6-8-22-12(9-11)10-3-4-10/h5,7,10-12H,3-4,6,8-9H2,1-2H3,(H2,16,17,18,19,21)/t11-,12-/m1/s1. The number of hydrogen-bond acceptors (Lipinski definition) is 5. The van der Waals surface area contributed by atoms with Crippen molar-refractivity contribution in [2.45, 2.75) is 37.8 Å². The zero-order valence-corrected chi connectivity index (χ0v) is 13.1. The lowest BCUT2D eigenvalue weighted by atomic mass is 10.0. The summed E-state index contributed by atoms with van der Waals surface area (Å²) in [7, 11) is 3.79. The molecule has 0 spiro atoms. The quantitative estimate of drug-likeness (QED) is 0.883. The molecule has 2 N–H and O–H groups in total. The number of rotatable bonds is 4. The van der Waals surface area contributed by atoms with Crippen molar-refractivity contribution in [2.24, 2.45) is 5.92 Å². The molecule has 1 saturated carbocycles. The van der Waals surface area contributed by atoms with Crippen LogP contribution in [0.15, 0.2) is 12.3 Å². The van der Waals surface area contributed by atoms with Crippen LogP contribution in [0.4, 0.5) is 16.6 Å². The summed E-state index contributed by atoms with van der Waals surface area (Å²) in [5.41, 5.74) is 0. The number of nitrogens with zero attached hydrogens (tertiary/aromatic N) is 3. The molecule has 2 heterocycles. The van der Waals surface area contributed by atoms with Gasteiger partial charge in [-0.15, -0.1) is 0 Å². The molecule has 2 amide bonds. The molecule has 1 aliphatic heterocycles. The van der Waals surface area contributed by atoms with Gasteiger partial charge in [-0.25, -0.2) is 9.78 Å². The third kappa shape index (κ3) is 3.85. The summed E-state index contributed by atoms with van der Waals surface area (Å²) in [4.78, 5) is 22.3. The summed E-state index contributed by atoms with van der Waals surface area (Å²) in [6.07, 6.45) is 6.22. The molecule has 0 radical (unpaired) electrons. The first kappa shape index (κ1) is 15.0. The van der Waals surface area contributed by atoms with Crippen molar-refractivity contribution in [3.63, 3.8) is 0 Å². The lowest BCUT2D eigenvalue weighted by Gasteiger charge is -2.30. The smallest absolute Gasteiger partial charge is 0.321 e. The van der Waals surface area contributed by atoms with E-state index in [9.17, 15) is 4.79 Å². The number of urea groups is 1. The Kier molecular flexibility index (Phi) is 4.42. The Morgan fingerprint density at radius 1 is 1.36 bits per heavy atom. The summed E-state index contributed by atoms with van der Waals surface area (Å²) < 4.78 is 5.77. The molecule has 1 aliphatic carbocycles. The number of nitrogens with one attached hydrogen (secondary N) is 2. The van der Waals surface area contributed by atoms with E-state index < -0.39 is 0 Å². The van der Waals surface area contributed by atoms with Crippen LogP contribution in [0.25, 0.3) is 0 Å². The van der Waals surface area contributed by atoms with Crippen molar-refractivity contribution >= 4 is 17.8 Å². The highest BCUT2D eigenvalue weighted by molar-refractivity contribution is 5.87. The number of ether oxygens (including phenoxy) is 1. The van der Waals surface area contributed by atoms with Crippen LogP contribution in [0, 0.1) is 5.92 Å². The minimum absolute atomic E-state index is 0.163. The van der Waals surface area contributed by atoms with Crippen LogP contribution in [-0.4, -0.2) is 48.8 Å². The largest absolute Gasteiger partial charge is 0.378 e. The number of carbonyl (C=O) groups is 1. The van der Waals surface area contributed by atoms with Gasteiger partial charge in [0.15, 0.2) is 0 Å². The topological polar surface area (TPSA) is 79.4 Å². The molecule has 0 unspecified atom stereocenters. The minimum atomic E-state index is -0.252. The molecular formula is C15H23N5O2. The third-order valence-electron chi connectivity index (χ3n) is 4.12. The van der Waals surface area contributed by atoms with E-state index in [4.69, 9.17) is 4.74 Å². The minimum Gasteiger partial charge on any atom is -0.378 e. The van der Waals surface area contributed by atoms with Crippen LogP contribution >= 0.6 is 0 Å². The first-order valence-corrected chi connectivity index (χ1v) is 7.81. The van der Waals surface area contributed by atoms with Crippen molar-refractivity contribution < 1.29 is 9.53 Å². The number of hydrogen-bond donors (Lipinski definition) is 2. The highest BCUT2D eigenvalue weighted by Crippen LogP contribution is 2.38. The molecule has 7 nitrogen and oxygen atoms in total. The van der Waals surface area contributed by atoms with Crippen molar-refractivity contribution in [1.29, 1.82) is 0 Å². The Labute approximate surface area is 130 Å². The SMILES string of the molecule is CN(C)c1ccnc(NC(=O)N[C@@H]2CCO[C@@H](C3CC3)C2)n1. The fraction of sp³-hybridized carbons (Fsp3) is 0.667. The van der Waals surface area contributed by atoms with Gasteiger partial charge in [0.25, 0.3) is 0 Å². The first-order chi connectivity index (χ1) is 10.6. The number of aromatic nitrogens is 2. The lowest BCUT2D eigenvalue weighted by molar-refractivity contribution is -0.00890. The molecule has 7 heteroatoms. The van der Waals surface area contributed by atoms with Crippen LogP contribution < -0.4 is 15.5 Å². The van der Waals surface area contributed by atoms with Crippen LogP contribution in [0.1, 0.15) is 25.7 Å². The molecule has 1 aromatic heterocycles. The molecule has 22 heavy (non-hydrogen) atoms. The average molecular weight is 305 g/mol. The van der Waals surface area contributed by atoms with Crippen molar-refractivity contribution in [2.75, 3.05) is 30.9 Å². The fourth-order valence-electron chi connectivity index (χ4n) is 2.74. The monoisotopic (exact) mass is 305 g/mol. The van der Waals surface area contributed by atoms with Crippen molar-refractivity contribution in [1.82, 2.24) is 15.3 Å². The third-order valence-corrected chi connectivity index (χ3v) is 4.12. The maximum atomic E-state index is 12.1. The molecule has 1 saturated heterocycles. The van der Waals surface area contributed by atoms with Gasteiger partial charge in [-0.1, -0.05) is 0 Å². The van der Waals surface area contributed by atoms with E-state index in [0.717, 1.165) is 25.3 Å². The van der Waals surface area contributed by atoms with E-state index in [1.54, 1.807) is 12.3 Å². The van der Waals surface area contributed by atoms with Gasteiger partial charge in [0.2, 0.25) is 5.95 Å². The Balaban J connectivity index is 1.52. The Morgan fingerprint density at radius 3 is 2.91 bits per heavy atom. The van der Waals surface area contributed by atoms with E-state index in [-0.39, 0.29) is 12.1 Å². The highest BCUT2D eigenvalue weighted by Gasteiger charge is 2.36. The van der Waals surface area contributed by atoms with Gasteiger partial charge in [-0.3, -0.25) is 5.32 Å². The Hall–Kier alpha value is -1.89. The van der Waals surface area contributed by atoms with Gasteiger partial charge in [0, 0.05) is 32.9 Å². The molecule has 2 fully saturated rings. The van der Waals surface area contributed by atoms with E-state index in [1.807, 2.05) is 19.0 Å². The summed E-state index contributed by atoms with van der Waals surface area (Å²) in [6, 6.07) is 1.70. The zero-order chi connectivity index (χ0) is 15.5. The summed E-state index contributed by atoms with van der Waals surface area (Å²) in [5.74, 6) is 1.77. The lowest BCUT2D eigenvalue weighted by Crippen LogP contribution is -2.44. The second-order valence-electron chi connectivity index (χ2n) is 6.20. The van der Waals surface area contributed by atoms with Gasteiger partial charge >= 0.3 is 6.03 Å². The molecule has 1 aromatic rings. The average Bonchev–Trinajstić information content (AvgIpc) is 3.32. The highest BCUT2D eigenvalue weighted by atomic mass is 16.5. The summed E-state index contributed by atoms with van der Waals surface area (Å²) >= 11 is 0. The van der Waals surface area contributed by atoms with Crippen LogP contribution in [0.2, 0.25) is 0 Å². The van der Waals surface area contributed by atoms with E-state index in [2.05, 4.69) is 20.6 Å². The molecule has 0 aromatic carbocycles. The first-order valence-electron chi connectivity index (χ1n) is 7.81. The molecule has 2 atom stereocenters. The molecule has 120 valence electrons. The van der Waals surface area contributed by atoms with Gasteiger partial charge < -0.3 is 15.0 Å². The molecular weight excluding hydrogens is 282 g/mol. The predicted octanol–water partition coefficient (Wildman–Crippen LogP) is 1.62. The van der Waals surface area contributed by atoms with E-state index in [1.165, 1.54) is 12.8 Å². The maximum absolute atomic E-state index is 12.1. The van der Waals surface area contributed by atoms with Crippen molar-refractivity contribution in [3.05, 3.63) is 12.3 Å². The second-order valence-corrected chi connectivity index (χ2v) is 6.20. The van der Waals surface area contributed by atoms with Gasteiger partial charge in [0.1, 0.15) is 5.82 Å². The van der Waals surface area contributed by atoms with Gasteiger partial charge in [0.05, 0.1) is 6.10 Å². The van der Waals surface area contributed by atoms with Gasteiger partial charge in [-0.05, 0) is 37.7 Å². The fourth-order valence-corrected chi connectivity index (χ4v) is 2.74. The summed E-state index contributed by atoms with van der Waals surface area (Å²) in [6.45, 7) is 0.721.